The third-order valence-corrected chi connectivity index (χ3v) is 8.67. The van der Waals surface area contributed by atoms with Gasteiger partial charge < -0.3 is 9.64 Å². The minimum Gasteiger partial charge on any atom is -0.496 e. The zero-order valence-corrected chi connectivity index (χ0v) is 24.7. The summed E-state index contributed by atoms with van der Waals surface area (Å²) in [4.78, 5) is 18.9. The topological polar surface area (TPSA) is 46.6 Å². The number of hydrogen-bond acceptors (Lipinski definition) is 4. The zero-order valence-electron chi connectivity index (χ0n) is 24.7. The van der Waals surface area contributed by atoms with Gasteiger partial charge in [-0.05, 0) is 69.2 Å². The summed E-state index contributed by atoms with van der Waals surface area (Å²) in [5.41, 5.74) is 7.33. The number of nitrogens with zero attached hydrogens (tertiary/aromatic N) is 1. The van der Waals surface area contributed by atoms with E-state index in [4.69, 9.17) is 14.3 Å². The molecule has 2 rings (SSSR count). The third kappa shape index (κ3) is 9.58. The second kappa shape index (κ2) is 17.6. The Bertz CT molecular complexity index is 797. The summed E-state index contributed by atoms with van der Waals surface area (Å²) in [6, 6.07) is 0. The van der Waals surface area contributed by atoms with Crippen LogP contribution in [0.1, 0.15) is 139 Å². The van der Waals surface area contributed by atoms with Gasteiger partial charge in [-0.15, -0.1) is 0 Å². The highest BCUT2D eigenvalue weighted by Gasteiger charge is 2.36. The summed E-state index contributed by atoms with van der Waals surface area (Å²) in [7, 11) is 4.15. The predicted octanol–water partition coefficient (Wildman–Crippen LogP) is 9.05. The molecule has 0 fully saturated rings. The van der Waals surface area contributed by atoms with Gasteiger partial charge in [0.05, 0.1) is 7.11 Å². The fourth-order valence-electron chi connectivity index (χ4n) is 6.06. The molecule has 1 aliphatic rings. The minimum absolute atomic E-state index is 0.250. The van der Waals surface area contributed by atoms with Crippen LogP contribution in [0.5, 0.6) is 5.75 Å². The van der Waals surface area contributed by atoms with Crippen molar-refractivity contribution in [2.75, 3.05) is 19.1 Å². The van der Waals surface area contributed by atoms with Crippen molar-refractivity contribution in [3.05, 3.63) is 22.3 Å². The van der Waals surface area contributed by atoms with E-state index >= 15 is 0 Å². The van der Waals surface area contributed by atoms with Crippen molar-refractivity contribution in [2.45, 2.75) is 149 Å². The summed E-state index contributed by atoms with van der Waals surface area (Å²) in [5.74, 6) is 1.09. The molecule has 4 heteroatoms. The first-order valence-corrected chi connectivity index (χ1v) is 14.7. The zero-order chi connectivity index (χ0) is 27.0. The molecule has 1 heterocycles. The lowest BCUT2D eigenvalue weighted by molar-refractivity contribution is -0.191. The van der Waals surface area contributed by atoms with E-state index < -0.39 is 0 Å². The maximum absolute atomic E-state index is 8.12. The van der Waals surface area contributed by atoms with E-state index in [1.807, 2.05) is 7.11 Å². The van der Waals surface area contributed by atoms with Gasteiger partial charge in [0.1, 0.15) is 5.75 Å². The molecule has 1 unspecified atom stereocenters. The van der Waals surface area contributed by atoms with E-state index in [1.54, 1.807) is 0 Å². The van der Waals surface area contributed by atoms with Gasteiger partial charge >= 0.3 is 6.15 Å². The number of hydrogen-bond donors (Lipinski definition) is 0. The largest absolute Gasteiger partial charge is 0.496 e. The van der Waals surface area contributed by atoms with Gasteiger partial charge in [-0.3, -0.25) is 0 Å². The van der Waals surface area contributed by atoms with Crippen LogP contribution in [0.2, 0.25) is 0 Å². The Morgan fingerprint density at radius 1 is 0.778 bits per heavy atom. The molecule has 1 aliphatic heterocycles. The van der Waals surface area contributed by atoms with E-state index in [-0.39, 0.29) is 11.7 Å². The second-order valence-corrected chi connectivity index (χ2v) is 11.2. The molecule has 4 nitrogen and oxygen atoms in total. The molecule has 0 radical (unpaired) electrons. The first kappa shape index (κ1) is 32.2. The maximum atomic E-state index is 8.12. The Hall–Kier alpha value is -1.80. The molecule has 206 valence electrons. The van der Waals surface area contributed by atoms with Crippen LogP contribution in [0.15, 0.2) is 0 Å². The molecule has 0 saturated heterocycles. The van der Waals surface area contributed by atoms with Crippen LogP contribution < -0.4 is 9.64 Å². The van der Waals surface area contributed by atoms with Crippen molar-refractivity contribution < 1.29 is 14.3 Å². The maximum Gasteiger partial charge on any atom is 0.373 e. The molecule has 0 aromatic heterocycles. The van der Waals surface area contributed by atoms with E-state index in [2.05, 4.69) is 46.6 Å². The Morgan fingerprint density at radius 2 is 1.22 bits per heavy atom. The number of unbranched alkanes of at least 4 members (excludes halogenated alkanes) is 13. The minimum atomic E-state index is 0.250. The lowest BCUT2D eigenvalue weighted by Gasteiger charge is -2.47. The quantitative estimate of drug-likeness (QED) is 0.212. The molecule has 0 saturated carbocycles. The standard InChI is InChI=1S/C31H55NO.CO2/c1-8-9-10-11-12-13-14-15-16-17-18-19-20-21-23-31(5)24-22-28-27(4)30(33-7)26(3)25(2)29(28)32(31)6;2-1-3/h8-24H2,1-7H3;. The van der Waals surface area contributed by atoms with Crippen molar-refractivity contribution in [2.24, 2.45) is 0 Å². The van der Waals surface area contributed by atoms with Gasteiger partial charge in [0.2, 0.25) is 0 Å². The van der Waals surface area contributed by atoms with Gasteiger partial charge in [-0.1, -0.05) is 96.8 Å². The summed E-state index contributed by atoms with van der Waals surface area (Å²) in [6.07, 6.45) is 24.0. The number of fused-ring (bicyclic) bond motifs is 1. The Labute approximate surface area is 222 Å². The van der Waals surface area contributed by atoms with Crippen LogP contribution in [0.4, 0.5) is 5.69 Å². The highest BCUT2D eigenvalue weighted by atomic mass is 16.5. The van der Waals surface area contributed by atoms with Crippen molar-refractivity contribution in [1.82, 2.24) is 0 Å². The average molecular weight is 502 g/mol. The number of ether oxygens (including phenoxy) is 1. The van der Waals surface area contributed by atoms with Gasteiger partial charge in [-0.25, -0.2) is 0 Å². The van der Waals surface area contributed by atoms with E-state index in [0.717, 1.165) is 5.75 Å². The molecular weight excluding hydrogens is 446 g/mol. The van der Waals surface area contributed by atoms with Crippen LogP contribution in [-0.4, -0.2) is 25.8 Å². The summed E-state index contributed by atoms with van der Waals surface area (Å²) in [5, 5.41) is 0. The number of carbonyl (C=O) groups excluding carboxylic acids is 2. The number of benzene rings is 1. The van der Waals surface area contributed by atoms with Gasteiger partial charge in [0.15, 0.2) is 0 Å². The van der Waals surface area contributed by atoms with Crippen LogP contribution in [0.25, 0.3) is 0 Å². The number of methoxy groups -OCH3 is 1. The molecule has 1 aromatic carbocycles. The average Bonchev–Trinajstić information content (AvgIpc) is 2.85. The highest BCUT2D eigenvalue weighted by Crippen LogP contribution is 2.46. The van der Waals surface area contributed by atoms with Crippen LogP contribution >= 0.6 is 0 Å². The van der Waals surface area contributed by atoms with Crippen LogP contribution in [-0.2, 0) is 16.0 Å². The molecule has 1 aromatic rings. The molecule has 0 spiro atoms. The molecule has 0 amide bonds. The van der Waals surface area contributed by atoms with E-state index in [9.17, 15) is 0 Å². The van der Waals surface area contributed by atoms with Crippen molar-refractivity contribution in [3.63, 3.8) is 0 Å². The lowest BCUT2D eigenvalue weighted by Crippen LogP contribution is -2.48. The van der Waals surface area contributed by atoms with Crippen LogP contribution in [0.3, 0.4) is 0 Å². The molecular formula is C32H55NO3. The number of anilines is 1. The predicted molar refractivity (Wildman–Crippen MR) is 152 cm³/mol. The first-order valence-electron chi connectivity index (χ1n) is 14.7. The fourth-order valence-corrected chi connectivity index (χ4v) is 6.06. The number of rotatable bonds is 16. The molecule has 0 aliphatic carbocycles. The molecule has 0 bridgehead atoms. The monoisotopic (exact) mass is 501 g/mol. The Kier molecular flexibility index (Phi) is 15.8. The second-order valence-electron chi connectivity index (χ2n) is 11.2. The van der Waals surface area contributed by atoms with Gasteiger partial charge in [0, 0.05) is 18.3 Å². The van der Waals surface area contributed by atoms with Crippen molar-refractivity contribution in [3.8, 4) is 5.75 Å². The molecule has 1 atom stereocenters. The SMILES string of the molecule is CCCCCCCCCCCCCCCCC1(C)CCc2c(C)c(OC)c(C)c(C)c2N1C.O=C=O. The van der Waals surface area contributed by atoms with Gasteiger partial charge in [-0.2, -0.15) is 9.59 Å². The van der Waals surface area contributed by atoms with E-state index in [1.165, 1.54) is 137 Å². The molecule has 0 N–H and O–H groups in total. The smallest absolute Gasteiger partial charge is 0.373 e. The summed E-state index contributed by atoms with van der Waals surface area (Å²) >= 11 is 0. The third-order valence-electron chi connectivity index (χ3n) is 8.67. The summed E-state index contributed by atoms with van der Waals surface area (Å²) in [6.45, 7) is 11.5. The Morgan fingerprint density at radius 3 is 1.67 bits per heavy atom. The fraction of sp³-hybridized carbons (Fsp3) is 0.781. The summed E-state index contributed by atoms with van der Waals surface area (Å²) < 4.78 is 5.75. The molecule has 36 heavy (non-hydrogen) atoms. The van der Waals surface area contributed by atoms with Crippen molar-refractivity contribution >= 4 is 11.8 Å². The van der Waals surface area contributed by atoms with Crippen molar-refractivity contribution in [1.29, 1.82) is 0 Å². The first-order chi connectivity index (χ1) is 17.3. The van der Waals surface area contributed by atoms with Gasteiger partial charge in [0.25, 0.3) is 0 Å². The highest BCUT2D eigenvalue weighted by molar-refractivity contribution is 5.70. The van der Waals surface area contributed by atoms with E-state index in [0.29, 0.717) is 0 Å². The Balaban J connectivity index is 0.00000205. The van der Waals surface area contributed by atoms with Crippen LogP contribution in [0, 0.1) is 20.8 Å². The normalized spacial score (nSPS) is 16.7. The lowest BCUT2D eigenvalue weighted by atomic mass is 9.79.